The van der Waals surface area contributed by atoms with Crippen LogP contribution in [0, 0.1) is 24.4 Å². The van der Waals surface area contributed by atoms with Gasteiger partial charge in [0.1, 0.15) is 17.2 Å². The number of aromatic nitrogens is 3. The fraction of sp³-hybridized carbons (Fsp3) is 0.208. The monoisotopic (exact) mass is 452 g/mol. The Kier molecular flexibility index (Phi) is 4.84. The van der Waals surface area contributed by atoms with Gasteiger partial charge in [-0.15, -0.1) is 0 Å². The Balaban J connectivity index is 1.70. The van der Waals surface area contributed by atoms with Crippen molar-refractivity contribution in [3.63, 3.8) is 0 Å². The zero-order valence-corrected chi connectivity index (χ0v) is 17.8. The Morgan fingerprint density at radius 1 is 1.06 bits per heavy atom. The van der Waals surface area contributed by atoms with Crippen molar-refractivity contribution in [2.24, 2.45) is 7.05 Å². The lowest BCUT2D eigenvalue weighted by Gasteiger charge is -2.13. The molecule has 0 spiro atoms. The number of aryl methyl sites for hydroxylation is 1. The molecule has 0 bridgehead atoms. The Bertz CT molecular complexity index is 1480. The van der Waals surface area contributed by atoms with Gasteiger partial charge >= 0.3 is 0 Å². The number of nitrogens with zero attached hydrogens (tertiary/aromatic N) is 3. The number of fused-ring (bicyclic) bond motifs is 1. The summed E-state index contributed by atoms with van der Waals surface area (Å²) in [6.07, 6.45) is 3.15. The third kappa shape index (κ3) is 3.49. The highest BCUT2D eigenvalue weighted by Crippen LogP contribution is 2.29. The average Bonchev–Trinajstić information content (AvgIpc) is 3.49. The Morgan fingerprint density at radius 3 is 2.42 bits per heavy atom. The van der Waals surface area contributed by atoms with Crippen LogP contribution in [0.5, 0.6) is 0 Å². The topological polar surface area (TPSA) is 68.9 Å². The standard InChI is InChI=1S/C24H19F3N4O2/c1-12-16(8-13(10-20(12)27)22(32)29-15-6-7-15)17-9-14-11-28-31(23(14)30(2)24(17)33)21-18(25)4-3-5-19(21)26/h3-5,8-11,15H,6-7H2,1-2H3,(H,29,32). The van der Waals surface area contributed by atoms with E-state index in [0.717, 1.165) is 35.7 Å². The van der Waals surface area contributed by atoms with Gasteiger partial charge in [0.2, 0.25) is 0 Å². The first kappa shape index (κ1) is 21.0. The molecule has 1 aliphatic rings. The lowest BCUT2D eigenvalue weighted by atomic mass is 9.97. The molecule has 2 aromatic heterocycles. The number of halogens is 3. The van der Waals surface area contributed by atoms with E-state index in [1.54, 1.807) is 0 Å². The minimum absolute atomic E-state index is 0.0964. The average molecular weight is 452 g/mol. The van der Waals surface area contributed by atoms with Crippen molar-refractivity contribution in [1.82, 2.24) is 19.7 Å². The van der Waals surface area contributed by atoms with Crippen molar-refractivity contribution < 1.29 is 18.0 Å². The van der Waals surface area contributed by atoms with Crippen molar-refractivity contribution in [2.45, 2.75) is 25.8 Å². The van der Waals surface area contributed by atoms with Gasteiger partial charge in [-0.25, -0.2) is 17.9 Å². The van der Waals surface area contributed by atoms with Gasteiger partial charge in [0, 0.05) is 29.6 Å². The predicted molar refractivity (Wildman–Crippen MR) is 117 cm³/mol. The number of rotatable bonds is 4. The van der Waals surface area contributed by atoms with E-state index in [4.69, 9.17) is 0 Å². The molecule has 6 nitrogen and oxygen atoms in total. The lowest BCUT2D eigenvalue weighted by Crippen LogP contribution is -2.26. The van der Waals surface area contributed by atoms with Gasteiger partial charge in [0.15, 0.2) is 11.6 Å². The largest absolute Gasteiger partial charge is 0.349 e. The van der Waals surface area contributed by atoms with Crippen molar-refractivity contribution in [3.8, 4) is 16.8 Å². The van der Waals surface area contributed by atoms with Gasteiger partial charge in [-0.2, -0.15) is 5.10 Å². The molecule has 2 aromatic carbocycles. The van der Waals surface area contributed by atoms with E-state index in [1.165, 1.54) is 42.9 Å². The number of hydrogen-bond acceptors (Lipinski definition) is 3. The van der Waals surface area contributed by atoms with E-state index in [-0.39, 0.29) is 33.9 Å². The number of carbonyl (C=O) groups excluding carboxylic acids is 1. The second-order valence-corrected chi connectivity index (χ2v) is 8.21. The van der Waals surface area contributed by atoms with Crippen LogP contribution in [0.3, 0.4) is 0 Å². The molecule has 0 radical (unpaired) electrons. The van der Waals surface area contributed by atoms with Crippen LogP contribution >= 0.6 is 0 Å². The molecular formula is C24H19F3N4O2. The van der Waals surface area contributed by atoms with Crippen LogP contribution in [0.15, 0.2) is 47.4 Å². The molecule has 1 amide bonds. The van der Waals surface area contributed by atoms with Crippen LogP contribution in [0.4, 0.5) is 13.2 Å². The van der Waals surface area contributed by atoms with Crippen LogP contribution in [-0.4, -0.2) is 26.3 Å². The Labute approximate surface area is 186 Å². The SMILES string of the molecule is Cc1c(F)cc(C(=O)NC2CC2)cc1-c1cc2cnn(-c3c(F)cccc3F)c2n(C)c1=O. The number of carbonyl (C=O) groups is 1. The van der Waals surface area contributed by atoms with Crippen LogP contribution < -0.4 is 10.9 Å². The second-order valence-electron chi connectivity index (χ2n) is 8.21. The summed E-state index contributed by atoms with van der Waals surface area (Å²) in [6, 6.07) is 7.66. The Hall–Kier alpha value is -3.88. The molecule has 1 aliphatic carbocycles. The van der Waals surface area contributed by atoms with E-state index in [9.17, 15) is 22.8 Å². The molecule has 2 heterocycles. The maximum atomic E-state index is 14.7. The van der Waals surface area contributed by atoms with Crippen LogP contribution in [0.25, 0.3) is 27.8 Å². The van der Waals surface area contributed by atoms with Crippen LogP contribution in [-0.2, 0) is 7.05 Å². The zero-order valence-electron chi connectivity index (χ0n) is 17.8. The molecule has 0 atom stereocenters. The quantitative estimate of drug-likeness (QED) is 0.509. The molecule has 9 heteroatoms. The predicted octanol–water partition coefficient (Wildman–Crippen LogP) is 4.01. The summed E-state index contributed by atoms with van der Waals surface area (Å²) in [5.41, 5.74) is -0.0134. The van der Waals surface area contributed by atoms with Gasteiger partial charge in [0.25, 0.3) is 11.5 Å². The molecule has 168 valence electrons. The molecule has 4 aromatic rings. The molecule has 0 unspecified atom stereocenters. The summed E-state index contributed by atoms with van der Waals surface area (Å²) >= 11 is 0. The molecule has 1 saturated carbocycles. The van der Waals surface area contributed by atoms with Crippen molar-refractivity contribution >= 4 is 16.9 Å². The fourth-order valence-corrected chi connectivity index (χ4v) is 3.92. The minimum atomic E-state index is -0.830. The molecule has 0 aliphatic heterocycles. The highest BCUT2D eigenvalue weighted by atomic mass is 19.1. The van der Waals surface area contributed by atoms with E-state index in [0.29, 0.717) is 5.39 Å². The molecular weight excluding hydrogens is 433 g/mol. The van der Waals surface area contributed by atoms with Gasteiger partial charge in [-0.1, -0.05) is 6.07 Å². The number of pyridine rings is 1. The van der Waals surface area contributed by atoms with E-state index < -0.39 is 34.6 Å². The maximum Gasteiger partial charge on any atom is 0.259 e. The van der Waals surface area contributed by atoms with E-state index >= 15 is 0 Å². The molecule has 33 heavy (non-hydrogen) atoms. The normalized spacial score (nSPS) is 13.5. The van der Waals surface area contributed by atoms with Crippen molar-refractivity contribution in [1.29, 1.82) is 0 Å². The number of benzene rings is 2. The third-order valence-electron chi connectivity index (χ3n) is 5.88. The summed E-state index contributed by atoms with van der Waals surface area (Å²) in [5, 5.41) is 7.32. The Morgan fingerprint density at radius 2 is 1.76 bits per heavy atom. The third-order valence-corrected chi connectivity index (χ3v) is 5.88. The van der Waals surface area contributed by atoms with Gasteiger partial charge in [-0.05, 0) is 61.2 Å². The molecule has 1 fully saturated rings. The highest BCUT2D eigenvalue weighted by Gasteiger charge is 2.25. The van der Waals surface area contributed by atoms with Gasteiger partial charge < -0.3 is 5.32 Å². The lowest BCUT2D eigenvalue weighted by molar-refractivity contribution is 0.0950. The summed E-state index contributed by atoms with van der Waals surface area (Å²) < 4.78 is 45.7. The summed E-state index contributed by atoms with van der Waals surface area (Å²) in [4.78, 5) is 25.8. The molecule has 1 N–H and O–H groups in total. The first-order valence-electron chi connectivity index (χ1n) is 10.4. The second kappa shape index (κ2) is 7.61. The van der Waals surface area contributed by atoms with E-state index in [2.05, 4.69) is 10.4 Å². The number of hydrogen-bond donors (Lipinski definition) is 1. The van der Waals surface area contributed by atoms with E-state index in [1.807, 2.05) is 0 Å². The smallest absolute Gasteiger partial charge is 0.259 e. The van der Waals surface area contributed by atoms with Gasteiger partial charge in [-0.3, -0.25) is 14.2 Å². The number of amides is 1. The first-order valence-corrected chi connectivity index (χ1v) is 10.4. The number of nitrogens with one attached hydrogen (secondary N) is 1. The highest BCUT2D eigenvalue weighted by molar-refractivity contribution is 5.96. The summed E-state index contributed by atoms with van der Waals surface area (Å²) in [7, 11) is 1.44. The van der Waals surface area contributed by atoms with Crippen LogP contribution in [0.2, 0.25) is 0 Å². The zero-order chi connectivity index (χ0) is 23.4. The van der Waals surface area contributed by atoms with Crippen molar-refractivity contribution in [3.05, 3.63) is 81.5 Å². The summed E-state index contributed by atoms with van der Waals surface area (Å²) in [6.45, 7) is 1.52. The van der Waals surface area contributed by atoms with Crippen molar-refractivity contribution in [2.75, 3.05) is 0 Å². The fourth-order valence-electron chi connectivity index (χ4n) is 3.92. The van der Waals surface area contributed by atoms with Gasteiger partial charge in [0.05, 0.1) is 6.20 Å². The summed E-state index contributed by atoms with van der Waals surface area (Å²) in [5.74, 6) is -2.68. The van der Waals surface area contributed by atoms with Crippen LogP contribution in [0.1, 0.15) is 28.8 Å². The number of para-hydroxylation sites is 1. The minimum Gasteiger partial charge on any atom is -0.349 e. The first-order chi connectivity index (χ1) is 15.8. The maximum absolute atomic E-state index is 14.7. The molecule has 5 rings (SSSR count). The molecule has 0 saturated heterocycles.